The van der Waals surface area contributed by atoms with Crippen LogP contribution in [0.5, 0.6) is 0 Å². The second kappa shape index (κ2) is 4.93. The van der Waals surface area contributed by atoms with E-state index in [1.54, 1.807) is 0 Å². The second-order valence-electron chi connectivity index (χ2n) is 5.52. The van der Waals surface area contributed by atoms with E-state index in [-0.39, 0.29) is 0 Å². The van der Waals surface area contributed by atoms with Crippen molar-refractivity contribution in [1.82, 2.24) is 0 Å². The molecule has 2 aromatic rings. The molecule has 0 aliphatic carbocycles. The Morgan fingerprint density at radius 3 is 1.80 bits per heavy atom. The van der Waals surface area contributed by atoms with Gasteiger partial charge in [0.25, 0.3) is 0 Å². The van der Waals surface area contributed by atoms with Crippen LogP contribution in [0, 0.1) is 27.7 Å². The molecule has 0 fully saturated rings. The van der Waals surface area contributed by atoms with Crippen LogP contribution >= 0.6 is 0 Å². The van der Waals surface area contributed by atoms with Gasteiger partial charge in [-0.3, -0.25) is 0 Å². The Morgan fingerprint density at radius 1 is 0.750 bits per heavy atom. The van der Waals surface area contributed by atoms with E-state index in [9.17, 15) is 0 Å². The molecule has 6 N–H and O–H groups in total. The molecular formula is C17H23N3. The van der Waals surface area contributed by atoms with Crippen molar-refractivity contribution in [2.75, 3.05) is 5.73 Å². The van der Waals surface area contributed by atoms with E-state index in [0.717, 1.165) is 22.3 Å². The van der Waals surface area contributed by atoms with Gasteiger partial charge < -0.3 is 17.2 Å². The van der Waals surface area contributed by atoms with Crippen molar-refractivity contribution in [2.24, 2.45) is 11.5 Å². The molecule has 0 aromatic heterocycles. The topological polar surface area (TPSA) is 78.1 Å². The fraction of sp³-hybridized carbons (Fsp3) is 0.294. The van der Waals surface area contributed by atoms with Crippen molar-refractivity contribution in [2.45, 2.75) is 33.4 Å². The highest BCUT2D eigenvalue weighted by molar-refractivity contribution is 5.66. The van der Waals surface area contributed by atoms with Crippen LogP contribution < -0.4 is 17.2 Å². The third-order valence-electron chi connectivity index (χ3n) is 4.40. The van der Waals surface area contributed by atoms with Crippen molar-refractivity contribution >= 4 is 5.69 Å². The maximum absolute atomic E-state index is 6.45. The smallest absolute Gasteiger partial charge is 0.119 e. The first-order chi connectivity index (χ1) is 9.28. The molecule has 0 saturated carbocycles. The Labute approximate surface area is 120 Å². The molecule has 0 bridgehead atoms. The summed E-state index contributed by atoms with van der Waals surface area (Å²) < 4.78 is 0. The number of hydrogen-bond donors (Lipinski definition) is 3. The Kier molecular flexibility index (Phi) is 3.59. The first-order valence-corrected chi connectivity index (χ1v) is 6.78. The fourth-order valence-electron chi connectivity index (χ4n) is 2.73. The number of nitrogen functional groups attached to an aromatic ring is 1. The Balaban J connectivity index is 2.76. The summed E-state index contributed by atoms with van der Waals surface area (Å²) in [5.41, 5.74) is 25.0. The average molecular weight is 269 g/mol. The molecule has 0 aliphatic heterocycles. The van der Waals surface area contributed by atoms with Crippen LogP contribution in [0.15, 0.2) is 30.3 Å². The standard InChI is InChI=1S/C17H23N3/c1-10-11(2)13(4)16(18)15(12(10)3)17(19,20)14-8-6-5-7-9-14/h5-9H,18-20H2,1-4H3. The summed E-state index contributed by atoms with van der Waals surface area (Å²) in [7, 11) is 0. The molecule has 0 amide bonds. The van der Waals surface area contributed by atoms with E-state index in [4.69, 9.17) is 17.2 Å². The van der Waals surface area contributed by atoms with Gasteiger partial charge in [-0.1, -0.05) is 30.3 Å². The van der Waals surface area contributed by atoms with E-state index in [1.165, 1.54) is 11.1 Å². The lowest BCUT2D eigenvalue weighted by Gasteiger charge is -2.31. The van der Waals surface area contributed by atoms with E-state index >= 15 is 0 Å². The quantitative estimate of drug-likeness (QED) is 0.579. The molecule has 106 valence electrons. The van der Waals surface area contributed by atoms with Crippen LogP contribution in [0.2, 0.25) is 0 Å². The summed E-state index contributed by atoms with van der Waals surface area (Å²) in [6.45, 7) is 8.21. The van der Waals surface area contributed by atoms with Crippen molar-refractivity contribution in [3.8, 4) is 0 Å². The molecular weight excluding hydrogens is 246 g/mol. The highest BCUT2D eigenvalue weighted by Gasteiger charge is 2.30. The van der Waals surface area contributed by atoms with Gasteiger partial charge in [0.1, 0.15) is 5.66 Å². The average Bonchev–Trinajstić information content (AvgIpc) is 2.44. The summed E-state index contributed by atoms with van der Waals surface area (Å²) in [6, 6.07) is 9.68. The largest absolute Gasteiger partial charge is 0.398 e. The van der Waals surface area contributed by atoms with Crippen LogP contribution in [-0.4, -0.2) is 0 Å². The van der Waals surface area contributed by atoms with Crippen molar-refractivity contribution in [3.05, 3.63) is 63.7 Å². The van der Waals surface area contributed by atoms with E-state index < -0.39 is 5.66 Å². The number of rotatable bonds is 2. The van der Waals surface area contributed by atoms with Crippen LogP contribution in [0.4, 0.5) is 5.69 Å². The second-order valence-corrected chi connectivity index (χ2v) is 5.52. The van der Waals surface area contributed by atoms with Gasteiger partial charge in [-0.05, 0) is 55.5 Å². The zero-order valence-electron chi connectivity index (χ0n) is 12.6. The highest BCUT2D eigenvalue weighted by Crippen LogP contribution is 2.35. The minimum atomic E-state index is -1.08. The van der Waals surface area contributed by atoms with Gasteiger partial charge in [0, 0.05) is 11.3 Å². The lowest BCUT2D eigenvalue weighted by Crippen LogP contribution is -2.48. The van der Waals surface area contributed by atoms with Crippen molar-refractivity contribution in [3.63, 3.8) is 0 Å². The monoisotopic (exact) mass is 269 g/mol. The first-order valence-electron chi connectivity index (χ1n) is 6.78. The summed E-state index contributed by atoms with van der Waals surface area (Å²) in [6.07, 6.45) is 0. The van der Waals surface area contributed by atoms with E-state index in [2.05, 4.69) is 13.8 Å². The molecule has 0 aliphatic rings. The molecule has 2 aromatic carbocycles. The molecule has 0 saturated heterocycles. The number of anilines is 1. The summed E-state index contributed by atoms with van der Waals surface area (Å²) in [5, 5.41) is 0. The van der Waals surface area contributed by atoms with Crippen LogP contribution in [0.3, 0.4) is 0 Å². The minimum Gasteiger partial charge on any atom is -0.398 e. The maximum Gasteiger partial charge on any atom is 0.119 e. The van der Waals surface area contributed by atoms with E-state index in [1.807, 2.05) is 44.2 Å². The van der Waals surface area contributed by atoms with Crippen LogP contribution in [-0.2, 0) is 5.66 Å². The van der Waals surface area contributed by atoms with Gasteiger partial charge >= 0.3 is 0 Å². The molecule has 2 rings (SSSR count). The Hall–Kier alpha value is -1.84. The third kappa shape index (κ3) is 2.09. The zero-order valence-corrected chi connectivity index (χ0v) is 12.6. The first kappa shape index (κ1) is 14.6. The lowest BCUT2D eigenvalue weighted by molar-refractivity contribution is 0.565. The minimum absolute atomic E-state index is 0.694. The predicted molar refractivity (Wildman–Crippen MR) is 85.4 cm³/mol. The molecule has 0 spiro atoms. The molecule has 0 unspecified atom stereocenters. The fourth-order valence-corrected chi connectivity index (χ4v) is 2.73. The van der Waals surface area contributed by atoms with Crippen LogP contribution in [0.25, 0.3) is 0 Å². The number of benzene rings is 2. The predicted octanol–water partition coefficient (Wildman–Crippen LogP) is 2.62. The summed E-state index contributed by atoms with van der Waals surface area (Å²) in [5.74, 6) is 0. The maximum atomic E-state index is 6.45. The lowest BCUT2D eigenvalue weighted by atomic mass is 9.83. The zero-order chi connectivity index (χ0) is 15.1. The summed E-state index contributed by atoms with van der Waals surface area (Å²) >= 11 is 0. The van der Waals surface area contributed by atoms with Gasteiger partial charge in [0.05, 0.1) is 0 Å². The molecule has 3 nitrogen and oxygen atoms in total. The Morgan fingerprint density at radius 2 is 1.25 bits per heavy atom. The molecule has 3 heteroatoms. The number of hydrogen-bond acceptors (Lipinski definition) is 3. The van der Waals surface area contributed by atoms with Gasteiger partial charge in [0.2, 0.25) is 0 Å². The third-order valence-corrected chi connectivity index (χ3v) is 4.40. The molecule has 0 atom stereocenters. The summed E-state index contributed by atoms with van der Waals surface area (Å²) in [4.78, 5) is 0. The van der Waals surface area contributed by atoms with Gasteiger partial charge in [-0.2, -0.15) is 0 Å². The molecule has 0 radical (unpaired) electrons. The normalized spacial score (nSPS) is 11.7. The van der Waals surface area contributed by atoms with Gasteiger partial charge in [-0.15, -0.1) is 0 Å². The van der Waals surface area contributed by atoms with Gasteiger partial charge in [-0.25, -0.2) is 0 Å². The Bertz CT molecular complexity index is 614. The van der Waals surface area contributed by atoms with Crippen molar-refractivity contribution < 1.29 is 0 Å². The SMILES string of the molecule is Cc1c(C)c(C)c(C(N)(N)c2ccccc2)c(N)c1C. The van der Waals surface area contributed by atoms with Crippen LogP contribution in [0.1, 0.15) is 33.4 Å². The number of nitrogens with two attached hydrogens (primary N) is 3. The van der Waals surface area contributed by atoms with E-state index in [0.29, 0.717) is 5.69 Å². The van der Waals surface area contributed by atoms with Crippen molar-refractivity contribution in [1.29, 1.82) is 0 Å². The molecule has 20 heavy (non-hydrogen) atoms. The highest BCUT2D eigenvalue weighted by atomic mass is 15.0. The van der Waals surface area contributed by atoms with Gasteiger partial charge in [0.15, 0.2) is 0 Å². The molecule has 0 heterocycles.